The molecule has 0 saturated heterocycles. The minimum absolute atomic E-state index is 0.0805. The van der Waals surface area contributed by atoms with Gasteiger partial charge in [-0.1, -0.05) is 0 Å². The lowest BCUT2D eigenvalue weighted by Gasteiger charge is -2.01. The molecule has 108 valence electrons. The fraction of sp³-hybridized carbons (Fsp3) is 0.125. The average molecular weight is 310 g/mol. The van der Waals surface area contributed by atoms with Crippen molar-refractivity contribution in [1.29, 1.82) is 10.5 Å². The maximum atomic E-state index is 11.6. The SMILES string of the molecule is COC(=O)/C(=C/c1csc2c(C#N)cc(C#N)cc12)C(C)=O. The van der Waals surface area contributed by atoms with E-state index in [0.29, 0.717) is 26.8 Å². The molecule has 0 N–H and O–H groups in total. The van der Waals surface area contributed by atoms with Gasteiger partial charge in [-0.2, -0.15) is 10.5 Å². The Balaban J connectivity index is 2.72. The third kappa shape index (κ3) is 2.73. The Hall–Kier alpha value is -2.96. The molecular weight excluding hydrogens is 300 g/mol. The van der Waals surface area contributed by atoms with Crippen molar-refractivity contribution < 1.29 is 14.3 Å². The van der Waals surface area contributed by atoms with E-state index in [0.717, 1.165) is 0 Å². The zero-order valence-corrected chi connectivity index (χ0v) is 12.7. The molecule has 22 heavy (non-hydrogen) atoms. The number of hydrogen-bond donors (Lipinski definition) is 0. The number of benzene rings is 1. The zero-order valence-electron chi connectivity index (χ0n) is 11.8. The largest absolute Gasteiger partial charge is 0.465 e. The fourth-order valence-electron chi connectivity index (χ4n) is 1.99. The number of ether oxygens (including phenoxy) is 1. The standard InChI is InChI=1S/C16H10N2O3S/c1-9(19)13(16(20)21-2)5-12-8-22-15-11(7-18)3-10(6-17)4-14(12)15/h3-5,8H,1-2H3/b13-5+. The summed E-state index contributed by atoms with van der Waals surface area (Å²) >= 11 is 1.32. The molecule has 1 aromatic carbocycles. The summed E-state index contributed by atoms with van der Waals surface area (Å²) in [5.74, 6) is -1.13. The van der Waals surface area contributed by atoms with Crippen molar-refractivity contribution in [3.63, 3.8) is 0 Å². The second kappa shape index (κ2) is 6.21. The molecule has 0 unspecified atom stereocenters. The van der Waals surface area contributed by atoms with Gasteiger partial charge in [0.15, 0.2) is 5.78 Å². The highest BCUT2D eigenvalue weighted by molar-refractivity contribution is 7.17. The van der Waals surface area contributed by atoms with Crippen molar-refractivity contribution in [2.24, 2.45) is 0 Å². The van der Waals surface area contributed by atoms with Crippen LogP contribution in [0.25, 0.3) is 16.2 Å². The summed E-state index contributed by atoms with van der Waals surface area (Å²) in [5, 5.41) is 20.6. The Bertz CT molecular complexity index is 894. The molecule has 0 bridgehead atoms. The highest BCUT2D eigenvalue weighted by Crippen LogP contribution is 2.31. The number of hydrogen-bond acceptors (Lipinski definition) is 6. The number of methoxy groups -OCH3 is 1. The van der Waals surface area contributed by atoms with Crippen molar-refractivity contribution in [1.82, 2.24) is 0 Å². The van der Waals surface area contributed by atoms with Crippen LogP contribution >= 0.6 is 11.3 Å². The maximum Gasteiger partial charge on any atom is 0.341 e. The fourth-order valence-corrected chi connectivity index (χ4v) is 2.96. The third-order valence-electron chi connectivity index (χ3n) is 3.04. The molecule has 2 rings (SSSR count). The van der Waals surface area contributed by atoms with Crippen LogP contribution in [0.5, 0.6) is 0 Å². The van der Waals surface area contributed by atoms with Crippen LogP contribution in [-0.2, 0) is 14.3 Å². The summed E-state index contributed by atoms with van der Waals surface area (Å²) in [6.07, 6.45) is 1.43. The van der Waals surface area contributed by atoms with Crippen LogP contribution in [0.4, 0.5) is 0 Å². The molecule has 0 aliphatic rings. The smallest absolute Gasteiger partial charge is 0.341 e. The number of nitriles is 2. The maximum absolute atomic E-state index is 11.6. The number of carbonyl (C=O) groups is 2. The van der Waals surface area contributed by atoms with Gasteiger partial charge in [-0.25, -0.2) is 4.79 Å². The van der Waals surface area contributed by atoms with Gasteiger partial charge in [0.2, 0.25) is 0 Å². The summed E-state index contributed by atoms with van der Waals surface area (Å²) in [6, 6.07) is 7.19. The quantitative estimate of drug-likeness (QED) is 0.376. The number of ketones is 1. The lowest BCUT2D eigenvalue weighted by atomic mass is 10.0. The number of rotatable bonds is 3. The highest BCUT2D eigenvalue weighted by Gasteiger charge is 2.17. The van der Waals surface area contributed by atoms with Gasteiger partial charge < -0.3 is 4.74 Å². The Labute approximate surface area is 130 Å². The van der Waals surface area contributed by atoms with Crippen molar-refractivity contribution in [2.75, 3.05) is 7.11 Å². The lowest BCUT2D eigenvalue weighted by Crippen LogP contribution is -2.11. The predicted octanol–water partition coefficient (Wildman–Crippen LogP) is 2.79. The second-order valence-electron chi connectivity index (χ2n) is 4.42. The molecule has 0 amide bonds. The summed E-state index contributed by atoms with van der Waals surface area (Å²) in [5.41, 5.74) is 1.26. The number of esters is 1. The summed E-state index contributed by atoms with van der Waals surface area (Å²) in [6.45, 7) is 1.28. The van der Waals surface area contributed by atoms with Gasteiger partial charge in [0, 0.05) is 5.39 Å². The highest BCUT2D eigenvalue weighted by atomic mass is 32.1. The van der Waals surface area contributed by atoms with Crippen molar-refractivity contribution in [3.8, 4) is 12.1 Å². The number of fused-ring (bicyclic) bond motifs is 1. The van der Waals surface area contributed by atoms with E-state index in [1.165, 1.54) is 37.5 Å². The molecule has 1 heterocycles. The molecule has 1 aromatic heterocycles. The molecule has 2 aromatic rings. The molecule has 0 atom stereocenters. The summed E-state index contributed by atoms with van der Waals surface area (Å²) in [7, 11) is 1.20. The van der Waals surface area contributed by atoms with E-state index < -0.39 is 11.8 Å². The van der Waals surface area contributed by atoms with Crippen LogP contribution in [0.15, 0.2) is 23.1 Å². The number of nitrogens with zero attached hydrogens (tertiary/aromatic N) is 2. The van der Waals surface area contributed by atoms with Crippen LogP contribution < -0.4 is 0 Å². The first kappa shape index (κ1) is 15.4. The van der Waals surface area contributed by atoms with Gasteiger partial charge in [-0.15, -0.1) is 11.3 Å². The molecule has 5 nitrogen and oxygen atoms in total. The first-order valence-corrected chi connectivity index (χ1v) is 7.06. The molecule has 0 aliphatic carbocycles. The van der Waals surface area contributed by atoms with Gasteiger partial charge in [-0.05, 0) is 36.1 Å². The molecule has 0 fully saturated rings. The molecule has 6 heteroatoms. The van der Waals surface area contributed by atoms with E-state index in [1.54, 1.807) is 11.4 Å². The number of carbonyl (C=O) groups excluding carboxylic acids is 2. The molecular formula is C16H10N2O3S. The number of Topliss-reactive ketones (excluding diaryl/α,β-unsaturated/α-hetero) is 1. The lowest BCUT2D eigenvalue weighted by molar-refractivity contribution is -0.137. The molecule has 0 aliphatic heterocycles. The van der Waals surface area contributed by atoms with E-state index in [-0.39, 0.29) is 5.57 Å². The molecule has 0 spiro atoms. The van der Waals surface area contributed by atoms with E-state index in [1.807, 2.05) is 12.1 Å². The van der Waals surface area contributed by atoms with Crippen molar-refractivity contribution in [2.45, 2.75) is 6.92 Å². The monoisotopic (exact) mass is 310 g/mol. The zero-order chi connectivity index (χ0) is 16.3. The van der Waals surface area contributed by atoms with Crippen LogP contribution in [0.1, 0.15) is 23.6 Å². The van der Waals surface area contributed by atoms with E-state index in [2.05, 4.69) is 4.74 Å². The summed E-state index contributed by atoms with van der Waals surface area (Å²) in [4.78, 5) is 23.2. The minimum Gasteiger partial charge on any atom is -0.465 e. The van der Waals surface area contributed by atoms with Crippen LogP contribution in [-0.4, -0.2) is 18.9 Å². The third-order valence-corrected chi connectivity index (χ3v) is 4.08. The van der Waals surface area contributed by atoms with Crippen molar-refractivity contribution >= 4 is 39.3 Å². The molecule has 0 radical (unpaired) electrons. The van der Waals surface area contributed by atoms with Crippen LogP contribution in [0, 0.1) is 22.7 Å². The normalized spacial score (nSPS) is 10.8. The topological polar surface area (TPSA) is 90.9 Å². The van der Waals surface area contributed by atoms with E-state index >= 15 is 0 Å². The first-order chi connectivity index (χ1) is 10.5. The Morgan fingerprint density at radius 1 is 1.27 bits per heavy atom. The predicted molar refractivity (Wildman–Crippen MR) is 81.9 cm³/mol. The van der Waals surface area contributed by atoms with Gasteiger partial charge in [0.05, 0.1) is 29.0 Å². The Morgan fingerprint density at radius 2 is 2.00 bits per heavy atom. The minimum atomic E-state index is -0.719. The Kier molecular flexibility index (Phi) is 4.36. The van der Waals surface area contributed by atoms with Crippen molar-refractivity contribution in [3.05, 3.63) is 39.8 Å². The van der Waals surface area contributed by atoms with Gasteiger partial charge in [0.1, 0.15) is 11.6 Å². The van der Waals surface area contributed by atoms with Crippen LogP contribution in [0.2, 0.25) is 0 Å². The number of thiophene rings is 1. The second-order valence-corrected chi connectivity index (χ2v) is 5.30. The van der Waals surface area contributed by atoms with Gasteiger partial charge in [-0.3, -0.25) is 4.79 Å². The van der Waals surface area contributed by atoms with Gasteiger partial charge in [0.25, 0.3) is 0 Å². The van der Waals surface area contributed by atoms with E-state index in [4.69, 9.17) is 10.5 Å². The summed E-state index contributed by atoms with van der Waals surface area (Å²) < 4.78 is 5.30. The van der Waals surface area contributed by atoms with Crippen LogP contribution in [0.3, 0.4) is 0 Å². The average Bonchev–Trinajstić information content (AvgIpc) is 2.93. The van der Waals surface area contributed by atoms with Gasteiger partial charge >= 0.3 is 5.97 Å². The first-order valence-electron chi connectivity index (χ1n) is 6.18. The Morgan fingerprint density at radius 3 is 2.55 bits per heavy atom. The molecule has 0 saturated carbocycles. The van der Waals surface area contributed by atoms with E-state index in [9.17, 15) is 9.59 Å².